The number of benzene rings is 2. The maximum Gasteiger partial charge on any atom is 0.573 e. The fourth-order valence-electron chi connectivity index (χ4n) is 2.69. The molecule has 0 spiro atoms. The molecule has 3 rings (SSSR count). The van der Waals surface area contributed by atoms with Crippen LogP contribution >= 0.6 is 23.2 Å². The van der Waals surface area contributed by atoms with Crippen LogP contribution in [-0.2, 0) is 6.54 Å². The van der Waals surface area contributed by atoms with Crippen molar-refractivity contribution < 1.29 is 17.9 Å². The van der Waals surface area contributed by atoms with Crippen LogP contribution in [0.3, 0.4) is 0 Å². The van der Waals surface area contributed by atoms with Crippen LogP contribution in [0.25, 0.3) is 11.3 Å². The van der Waals surface area contributed by atoms with Crippen molar-refractivity contribution in [1.29, 1.82) is 5.26 Å². The van der Waals surface area contributed by atoms with E-state index in [4.69, 9.17) is 23.2 Å². The van der Waals surface area contributed by atoms with Gasteiger partial charge in [0, 0.05) is 6.54 Å². The summed E-state index contributed by atoms with van der Waals surface area (Å²) >= 11 is 12.5. The third kappa shape index (κ3) is 4.21. The lowest BCUT2D eigenvalue weighted by Gasteiger charge is -2.13. The Kier molecular flexibility index (Phi) is 5.36. The van der Waals surface area contributed by atoms with Gasteiger partial charge in [0.15, 0.2) is 0 Å². The summed E-state index contributed by atoms with van der Waals surface area (Å²) in [6.07, 6.45) is -4.78. The Hall–Kier alpha value is -2.62. The first-order valence-corrected chi connectivity index (χ1v) is 8.43. The molecule has 0 atom stereocenters. The van der Waals surface area contributed by atoms with Crippen molar-refractivity contribution >= 4 is 23.2 Å². The fraction of sp³-hybridized carbons (Fsp3) is 0.105. The summed E-state index contributed by atoms with van der Waals surface area (Å²) in [5.41, 5.74) is 2.00. The summed E-state index contributed by atoms with van der Waals surface area (Å²) < 4.78 is 42.6. The van der Waals surface area contributed by atoms with Gasteiger partial charge in [-0.15, -0.1) is 13.2 Å². The van der Waals surface area contributed by atoms with E-state index in [0.29, 0.717) is 17.8 Å². The lowest BCUT2D eigenvalue weighted by atomic mass is 10.1. The zero-order valence-electron chi connectivity index (χ0n) is 13.6. The number of ether oxygens (including phenoxy) is 1. The van der Waals surface area contributed by atoms with Crippen molar-refractivity contribution in [2.24, 2.45) is 0 Å². The third-order valence-corrected chi connectivity index (χ3v) is 4.66. The quantitative estimate of drug-likeness (QED) is 0.507. The van der Waals surface area contributed by atoms with E-state index in [2.05, 4.69) is 4.74 Å². The lowest BCUT2D eigenvalue weighted by Crippen LogP contribution is -2.17. The van der Waals surface area contributed by atoms with E-state index in [1.807, 2.05) is 36.4 Å². The average molecular weight is 411 g/mol. The van der Waals surface area contributed by atoms with Gasteiger partial charge in [-0.25, -0.2) is 0 Å². The number of hydrogen-bond acceptors (Lipinski definition) is 2. The summed E-state index contributed by atoms with van der Waals surface area (Å²) in [5, 5.41) is 9.77. The second-order valence-electron chi connectivity index (χ2n) is 5.58. The summed E-state index contributed by atoms with van der Waals surface area (Å²) in [5.74, 6) is -0.358. The van der Waals surface area contributed by atoms with Crippen molar-refractivity contribution in [2.75, 3.05) is 0 Å². The minimum atomic E-state index is -4.78. The molecule has 1 aromatic heterocycles. The van der Waals surface area contributed by atoms with Crippen LogP contribution in [0.5, 0.6) is 5.75 Å². The van der Waals surface area contributed by atoms with Gasteiger partial charge in [0.1, 0.15) is 17.0 Å². The summed E-state index contributed by atoms with van der Waals surface area (Å²) in [4.78, 5) is 0. The molecule has 0 radical (unpaired) electrons. The molecule has 0 unspecified atom stereocenters. The average Bonchev–Trinajstić information content (AvgIpc) is 2.86. The topological polar surface area (TPSA) is 38.0 Å². The van der Waals surface area contributed by atoms with E-state index >= 15 is 0 Å². The van der Waals surface area contributed by atoms with Crippen molar-refractivity contribution in [2.45, 2.75) is 12.9 Å². The van der Waals surface area contributed by atoms with Crippen LogP contribution < -0.4 is 4.74 Å². The smallest absolute Gasteiger partial charge is 0.406 e. The maximum atomic E-state index is 12.3. The number of rotatable bonds is 4. The fourth-order valence-corrected chi connectivity index (χ4v) is 3.16. The number of halogens is 5. The van der Waals surface area contributed by atoms with Crippen molar-refractivity contribution in [3.63, 3.8) is 0 Å². The highest BCUT2D eigenvalue weighted by Gasteiger charge is 2.31. The largest absolute Gasteiger partial charge is 0.573 e. The molecule has 3 aromatic rings. The molecule has 0 aliphatic heterocycles. The van der Waals surface area contributed by atoms with Gasteiger partial charge < -0.3 is 9.30 Å². The van der Waals surface area contributed by atoms with Gasteiger partial charge in [0.2, 0.25) is 0 Å². The lowest BCUT2D eigenvalue weighted by molar-refractivity contribution is -0.274. The van der Waals surface area contributed by atoms with Crippen LogP contribution in [0.15, 0.2) is 54.6 Å². The molecule has 0 fully saturated rings. The standard InChI is InChI=1S/C19H11Cl2F3N2O/c20-16-15(10-25)17(13-6-8-14(9-7-13)27-19(22,23)24)26(18(16)21)11-12-4-2-1-3-5-12/h1-9H,11H2. The minimum Gasteiger partial charge on any atom is -0.406 e. The molecule has 0 bridgehead atoms. The zero-order valence-corrected chi connectivity index (χ0v) is 15.1. The number of alkyl halides is 3. The normalized spacial score (nSPS) is 11.3. The molecule has 0 saturated carbocycles. The van der Waals surface area contributed by atoms with E-state index in [-0.39, 0.29) is 21.5 Å². The molecule has 138 valence electrons. The van der Waals surface area contributed by atoms with Crippen LogP contribution in [0.2, 0.25) is 10.2 Å². The zero-order chi connectivity index (χ0) is 19.6. The van der Waals surface area contributed by atoms with Gasteiger partial charge in [0.25, 0.3) is 0 Å². The van der Waals surface area contributed by atoms with Gasteiger partial charge >= 0.3 is 6.36 Å². The number of aromatic nitrogens is 1. The first-order valence-electron chi connectivity index (χ1n) is 7.68. The first kappa shape index (κ1) is 19.2. The highest BCUT2D eigenvalue weighted by Crippen LogP contribution is 2.38. The van der Waals surface area contributed by atoms with Gasteiger partial charge in [-0.3, -0.25) is 0 Å². The SMILES string of the molecule is N#Cc1c(Cl)c(Cl)n(Cc2ccccc2)c1-c1ccc(OC(F)(F)F)cc1. The predicted octanol–water partition coefficient (Wildman–Crippen LogP) is 6.28. The third-order valence-electron chi connectivity index (χ3n) is 3.80. The molecule has 2 aromatic carbocycles. The molecule has 8 heteroatoms. The van der Waals surface area contributed by atoms with Crippen LogP contribution in [0.1, 0.15) is 11.1 Å². The maximum absolute atomic E-state index is 12.3. The molecule has 1 heterocycles. The van der Waals surface area contributed by atoms with Crippen LogP contribution in [0.4, 0.5) is 13.2 Å². The minimum absolute atomic E-state index is 0.0979. The monoisotopic (exact) mass is 410 g/mol. The molecular formula is C19H11Cl2F3N2O. The highest BCUT2D eigenvalue weighted by atomic mass is 35.5. The van der Waals surface area contributed by atoms with E-state index < -0.39 is 6.36 Å². The Bertz CT molecular complexity index is 991. The van der Waals surface area contributed by atoms with Gasteiger partial charge in [-0.1, -0.05) is 53.5 Å². The van der Waals surface area contributed by atoms with Crippen molar-refractivity contribution in [1.82, 2.24) is 4.57 Å². The Morgan fingerprint density at radius 3 is 2.19 bits per heavy atom. The molecule has 0 aliphatic rings. The second-order valence-corrected chi connectivity index (χ2v) is 6.32. The first-order chi connectivity index (χ1) is 12.8. The summed E-state index contributed by atoms with van der Waals surface area (Å²) in [6.45, 7) is 0.344. The van der Waals surface area contributed by atoms with E-state index in [0.717, 1.165) is 5.56 Å². The number of hydrogen-bond donors (Lipinski definition) is 0. The van der Waals surface area contributed by atoms with Gasteiger partial charge in [0.05, 0.1) is 16.3 Å². The molecule has 0 saturated heterocycles. The van der Waals surface area contributed by atoms with Crippen molar-refractivity contribution in [3.05, 3.63) is 75.9 Å². The van der Waals surface area contributed by atoms with Crippen molar-refractivity contribution in [3.8, 4) is 23.1 Å². The Labute approximate surface area is 163 Å². The Morgan fingerprint density at radius 2 is 1.63 bits per heavy atom. The van der Waals surface area contributed by atoms with E-state index in [9.17, 15) is 18.4 Å². The van der Waals surface area contributed by atoms with E-state index in [1.54, 1.807) is 4.57 Å². The van der Waals surface area contributed by atoms with Crippen LogP contribution in [-0.4, -0.2) is 10.9 Å². The molecule has 27 heavy (non-hydrogen) atoms. The molecule has 0 N–H and O–H groups in total. The second kappa shape index (κ2) is 7.55. The Balaban J connectivity index is 2.06. The highest BCUT2D eigenvalue weighted by molar-refractivity contribution is 6.42. The van der Waals surface area contributed by atoms with Gasteiger partial charge in [-0.05, 0) is 35.4 Å². The molecule has 3 nitrogen and oxygen atoms in total. The number of nitriles is 1. The molecule has 0 amide bonds. The molecular weight excluding hydrogens is 400 g/mol. The van der Waals surface area contributed by atoms with Crippen LogP contribution in [0, 0.1) is 11.3 Å². The summed E-state index contributed by atoms with van der Waals surface area (Å²) in [7, 11) is 0. The predicted molar refractivity (Wildman–Crippen MR) is 96.8 cm³/mol. The van der Waals surface area contributed by atoms with E-state index in [1.165, 1.54) is 24.3 Å². The Morgan fingerprint density at radius 1 is 1.00 bits per heavy atom. The number of nitrogens with zero attached hydrogens (tertiary/aromatic N) is 2. The summed E-state index contributed by atoms with van der Waals surface area (Å²) in [6, 6.07) is 16.6. The molecule has 0 aliphatic carbocycles. The van der Waals surface area contributed by atoms with Gasteiger partial charge in [-0.2, -0.15) is 5.26 Å².